The van der Waals surface area contributed by atoms with Crippen LogP contribution < -0.4 is 0 Å². The number of nitrogens with zero attached hydrogens (tertiary/aromatic N) is 1. The van der Waals surface area contributed by atoms with E-state index in [9.17, 15) is 9.18 Å². The molecule has 0 N–H and O–H groups in total. The Labute approximate surface area is 140 Å². The molecule has 23 heavy (non-hydrogen) atoms. The first-order chi connectivity index (χ1) is 11.2. The lowest BCUT2D eigenvalue weighted by Gasteiger charge is -2.23. The first-order valence-corrected chi connectivity index (χ1v) is 8.86. The highest BCUT2D eigenvalue weighted by Gasteiger charge is 2.22. The van der Waals surface area contributed by atoms with Gasteiger partial charge in [-0.05, 0) is 48.1 Å². The monoisotopic (exact) mass is 329 g/mol. The largest absolute Gasteiger partial charge is 0.339 e. The number of halogens is 1. The van der Waals surface area contributed by atoms with Crippen LogP contribution in [0, 0.1) is 5.82 Å². The minimum atomic E-state index is -0.214. The van der Waals surface area contributed by atoms with Crippen molar-refractivity contribution in [1.82, 2.24) is 4.90 Å². The average molecular weight is 329 g/mol. The quantitative estimate of drug-likeness (QED) is 0.748. The number of likely N-dealkylation sites (tertiary alicyclic amines) is 1. The maximum Gasteiger partial charge on any atom is 0.246 e. The van der Waals surface area contributed by atoms with Gasteiger partial charge in [0.25, 0.3) is 0 Å². The zero-order valence-electron chi connectivity index (χ0n) is 13.0. The minimum absolute atomic E-state index is 0.0624. The first-order valence-electron chi connectivity index (χ1n) is 7.98. The summed E-state index contributed by atoms with van der Waals surface area (Å²) < 4.78 is 13.1. The Balaban J connectivity index is 1.69. The summed E-state index contributed by atoms with van der Waals surface area (Å²) in [6.45, 7) is 1.50. The molecule has 1 aromatic heterocycles. The van der Waals surface area contributed by atoms with Crippen LogP contribution in [0.5, 0.6) is 0 Å². The van der Waals surface area contributed by atoms with Crippen LogP contribution in [0.25, 0.3) is 6.08 Å². The molecule has 0 radical (unpaired) electrons. The van der Waals surface area contributed by atoms with Crippen molar-refractivity contribution in [1.29, 1.82) is 0 Å². The molecule has 0 aliphatic carbocycles. The van der Waals surface area contributed by atoms with Gasteiger partial charge in [-0.2, -0.15) is 0 Å². The number of rotatable bonds is 3. The summed E-state index contributed by atoms with van der Waals surface area (Å²) in [5.74, 6) is 0.138. The fraction of sp³-hybridized carbons (Fsp3) is 0.316. The highest BCUT2D eigenvalue weighted by molar-refractivity contribution is 7.10. The molecule has 2 heterocycles. The lowest BCUT2D eigenvalue weighted by atomic mass is 9.94. The summed E-state index contributed by atoms with van der Waals surface area (Å²) in [6, 6.07) is 10.7. The Morgan fingerprint density at radius 1 is 1.22 bits per heavy atom. The van der Waals surface area contributed by atoms with E-state index in [-0.39, 0.29) is 17.6 Å². The summed E-state index contributed by atoms with van der Waals surface area (Å²) >= 11 is 1.62. The van der Waals surface area contributed by atoms with E-state index in [0.29, 0.717) is 6.54 Å². The maximum atomic E-state index is 13.1. The van der Waals surface area contributed by atoms with Crippen LogP contribution in [0.2, 0.25) is 0 Å². The van der Waals surface area contributed by atoms with Gasteiger partial charge in [-0.3, -0.25) is 4.79 Å². The van der Waals surface area contributed by atoms with E-state index < -0.39 is 0 Å². The Bertz CT molecular complexity index is 663. The van der Waals surface area contributed by atoms with E-state index in [4.69, 9.17) is 0 Å². The van der Waals surface area contributed by atoms with Crippen molar-refractivity contribution in [2.45, 2.75) is 25.2 Å². The summed E-state index contributed by atoms with van der Waals surface area (Å²) in [5.41, 5.74) is 1.12. The van der Waals surface area contributed by atoms with Crippen LogP contribution in [-0.4, -0.2) is 23.9 Å². The van der Waals surface area contributed by atoms with Gasteiger partial charge in [-0.15, -0.1) is 11.3 Å². The maximum absolute atomic E-state index is 13.1. The minimum Gasteiger partial charge on any atom is -0.339 e. The number of thiophene rings is 1. The van der Waals surface area contributed by atoms with E-state index in [1.165, 1.54) is 12.1 Å². The first kappa shape index (κ1) is 15.9. The van der Waals surface area contributed by atoms with Gasteiger partial charge in [-0.1, -0.05) is 24.6 Å². The molecule has 1 saturated heterocycles. The van der Waals surface area contributed by atoms with Crippen molar-refractivity contribution in [2.24, 2.45) is 0 Å². The molecule has 1 aliphatic rings. The molecule has 1 aromatic carbocycles. The molecule has 0 bridgehead atoms. The van der Waals surface area contributed by atoms with Gasteiger partial charge in [-0.25, -0.2) is 4.39 Å². The lowest BCUT2D eigenvalue weighted by molar-refractivity contribution is -0.126. The third-order valence-corrected chi connectivity index (χ3v) is 5.10. The van der Waals surface area contributed by atoms with Crippen LogP contribution >= 0.6 is 11.3 Å². The van der Waals surface area contributed by atoms with Crippen LogP contribution in [0.15, 0.2) is 47.9 Å². The second-order valence-corrected chi connectivity index (χ2v) is 6.86. The molecule has 1 unspecified atom stereocenters. The van der Waals surface area contributed by atoms with Crippen LogP contribution in [0.4, 0.5) is 4.39 Å². The van der Waals surface area contributed by atoms with E-state index >= 15 is 0 Å². The molecule has 1 amide bonds. The molecule has 1 aliphatic heterocycles. The topological polar surface area (TPSA) is 20.3 Å². The highest BCUT2D eigenvalue weighted by Crippen LogP contribution is 2.27. The molecule has 120 valence electrons. The zero-order chi connectivity index (χ0) is 16.1. The Hall–Kier alpha value is -1.94. The number of carbonyl (C=O) groups is 1. The van der Waals surface area contributed by atoms with Gasteiger partial charge >= 0.3 is 0 Å². The predicted molar refractivity (Wildman–Crippen MR) is 92.9 cm³/mol. The second-order valence-electron chi connectivity index (χ2n) is 5.88. The van der Waals surface area contributed by atoms with E-state index in [1.807, 2.05) is 40.6 Å². The summed E-state index contributed by atoms with van der Waals surface area (Å²) in [7, 11) is 0. The molecule has 0 saturated carbocycles. The van der Waals surface area contributed by atoms with Crippen LogP contribution in [0.1, 0.15) is 35.6 Å². The van der Waals surface area contributed by atoms with Crippen molar-refractivity contribution in [3.63, 3.8) is 0 Å². The van der Waals surface area contributed by atoms with Gasteiger partial charge in [0.1, 0.15) is 5.82 Å². The van der Waals surface area contributed by atoms with Crippen LogP contribution in [-0.2, 0) is 4.79 Å². The summed E-state index contributed by atoms with van der Waals surface area (Å²) in [5, 5.41) is 2.00. The van der Waals surface area contributed by atoms with Crippen molar-refractivity contribution in [2.75, 3.05) is 13.1 Å². The van der Waals surface area contributed by atoms with Crippen molar-refractivity contribution >= 4 is 23.3 Å². The molecule has 2 aromatic rings. The molecule has 1 fully saturated rings. The third-order valence-electron chi connectivity index (χ3n) is 4.26. The van der Waals surface area contributed by atoms with Crippen molar-refractivity contribution in [3.8, 4) is 0 Å². The number of carbonyl (C=O) groups excluding carboxylic acids is 1. The summed E-state index contributed by atoms with van der Waals surface area (Å²) in [4.78, 5) is 15.5. The third kappa shape index (κ3) is 4.29. The Morgan fingerprint density at radius 2 is 2.04 bits per heavy atom. The van der Waals surface area contributed by atoms with E-state index in [0.717, 1.165) is 36.2 Å². The van der Waals surface area contributed by atoms with Gasteiger partial charge in [0.05, 0.1) is 0 Å². The second kappa shape index (κ2) is 7.55. The summed E-state index contributed by atoms with van der Waals surface area (Å²) in [6.07, 6.45) is 6.71. The Kier molecular flexibility index (Phi) is 5.23. The highest BCUT2D eigenvalue weighted by atomic mass is 32.1. The molecule has 2 nitrogen and oxygen atoms in total. The molecular weight excluding hydrogens is 309 g/mol. The van der Waals surface area contributed by atoms with Gasteiger partial charge < -0.3 is 4.90 Å². The normalized spacial score (nSPS) is 19.0. The number of amides is 1. The number of benzene rings is 1. The van der Waals surface area contributed by atoms with Crippen molar-refractivity contribution < 1.29 is 9.18 Å². The standard InChI is InChI=1S/C19H20FNOS/c20-17-8-6-15(7-9-17)16-4-1-2-12-21(14-16)19(22)11-10-18-5-3-13-23-18/h3,5-11,13,16H,1-2,4,12,14H2/b11-10+. The zero-order valence-corrected chi connectivity index (χ0v) is 13.8. The van der Waals surface area contributed by atoms with Gasteiger partial charge in [0, 0.05) is 30.0 Å². The van der Waals surface area contributed by atoms with E-state index in [2.05, 4.69) is 0 Å². The predicted octanol–water partition coefficient (Wildman–Crippen LogP) is 4.70. The van der Waals surface area contributed by atoms with Crippen molar-refractivity contribution in [3.05, 3.63) is 64.1 Å². The fourth-order valence-electron chi connectivity index (χ4n) is 2.99. The van der Waals surface area contributed by atoms with Gasteiger partial charge in [0.2, 0.25) is 5.91 Å². The lowest BCUT2D eigenvalue weighted by Crippen LogP contribution is -2.32. The van der Waals surface area contributed by atoms with Crippen LogP contribution in [0.3, 0.4) is 0 Å². The number of hydrogen-bond donors (Lipinski definition) is 0. The van der Waals surface area contributed by atoms with E-state index in [1.54, 1.807) is 17.4 Å². The Morgan fingerprint density at radius 3 is 2.78 bits per heavy atom. The molecule has 1 atom stereocenters. The molecule has 4 heteroatoms. The SMILES string of the molecule is O=C(/C=C/c1cccs1)N1CCCCC(c2ccc(F)cc2)C1. The average Bonchev–Trinajstić information content (AvgIpc) is 2.96. The molecule has 3 rings (SSSR count). The fourth-order valence-corrected chi connectivity index (χ4v) is 3.61. The van der Waals surface area contributed by atoms with Gasteiger partial charge in [0.15, 0.2) is 0 Å². The molecular formula is C19H20FNOS. The molecule has 0 spiro atoms. The number of hydrogen-bond acceptors (Lipinski definition) is 2. The smallest absolute Gasteiger partial charge is 0.246 e.